The number of hydrogen-bond acceptors (Lipinski definition) is 0. The lowest BCUT2D eigenvalue weighted by molar-refractivity contribution is 0.249. The third-order valence-corrected chi connectivity index (χ3v) is 4.38. The average molecular weight is 236 g/mol. The fourth-order valence-corrected chi connectivity index (χ4v) is 3.05. The van der Waals surface area contributed by atoms with Gasteiger partial charge in [0.25, 0.3) is 0 Å². The Morgan fingerprint density at radius 2 is 1.65 bits per heavy atom. The molecule has 1 unspecified atom stereocenters. The third kappa shape index (κ3) is 6.91. The fourth-order valence-electron chi connectivity index (χ4n) is 3.05. The molecule has 1 fully saturated rings. The molecular formula is C17H32. The summed E-state index contributed by atoms with van der Waals surface area (Å²) in [6, 6.07) is 0. The molecule has 0 bridgehead atoms. The van der Waals surface area contributed by atoms with Gasteiger partial charge in [0, 0.05) is 0 Å². The number of unbranched alkanes of at least 4 members (excludes halogenated alkanes) is 3. The molecule has 0 N–H and O–H groups in total. The second-order valence-electron chi connectivity index (χ2n) is 5.92. The van der Waals surface area contributed by atoms with Crippen molar-refractivity contribution < 1.29 is 0 Å². The second kappa shape index (κ2) is 9.74. The minimum atomic E-state index is 0.972. The van der Waals surface area contributed by atoms with Gasteiger partial charge in [0.15, 0.2) is 0 Å². The Balaban J connectivity index is 1.99. The molecule has 0 nitrogen and oxygen atoms in total. The molecule has 100 valence electrons. The summed E-state index contributed by atoms with van der Waals surface area (Å²) in [4.78, 5) is 0. The predicted octanol–water partition coefficient (Wildman–Crippen LogP) is 6.12. The van der Waals surface area contributed by atoms with Crippen molar-refractivity contribution in [2.24, 2.45) is 11.8 Å². The molecule has 0 radical (unpaired) electrons. The first-order chi connectivity index (χ1) is 8.34. The van der Waals surface area contributed by atoms with E-state index in [1.54, 1.807) is 0 Å². The summed E-state index contributed by atoms with van der Waals surface area (Å²) in [5, 5.41) is 0. The zero-order valence-electron chi connectivity index (χ0n) is 12.1. The van der Waals surface area contributed by atoms with Gasteiger partial charge < -0.3 is 0 Å². The highest BCUT2D eigenvalue weighted by Gasteiger charge is 2.19. The van der Waals surface area contributed by atoms with E-state index >= 15 is 0 Å². The molecule has 1 atom stereocenters. The molecule has 1 aliphatic carbocycles. The van der Waals surface area contributed by atoms with Crippen LogP contribution in [0.1, 0.15) is 84.5 Å². The highest BCUT2D eigenvalue weighted by atomic mass is 14.2. The summed E-state index contributed by atoms with van der Waals surface area (Å²) in [5.74, 6) is 2.02. The average Bonchev–Trinajstić information content (AvgIpc) is 2.38. The molecule has 1 saturated carbocycles. The highest BCUT2D eigenvalue weighted by molar-refractivity contribution is 4.81. The van der Waals surface area contributed by atoms with Gasteiger partial charge in [-0.2, -0.15) is 0 Å². The summed E-state index contributed by atoms with van der Waals surface area (Å²) >= 11 is 0. The smallest absolute Gasteiger partial charge is 0.0351 e. The van der Waals surface area contributed by atoms with Gasteiger partial charge in [-0.1, -0.05) is 77.4 Å². The van der Waals surface area contributed by atoms with Crippen LogP contribution in [-0.2, 0) is 0 Å². The van der Waals surface area contributed by atoms with Gasteiger partial charge >= 0.3 is 0 Å². The Hall–Kier alpha value is -0.260. The quantitative estimate of drug-likeness (QED) is 0.352. The van der Waals surface area contributed by atoms with Crippen molar-refractivity contribution in [1.82, 2.24) is 0 Å². The van der Waals surface area contributed by atoms with E-state index in [1.165, 1.54) is 70.6 Å². The maximum absolute atomic E-state index is 2.48. The van der Waals surface area contributed by atoms with Crippen molar-refractivity contribution in [1.29, 1.82) is 0 Å². The van der Waals surface area contributed by atoms with Crippen LogP contribution >= 0.6 is 0 Å². The lowest BCUT2D eigenvalue weighted by atomic mass is 9.79. The first kappa shape index (κ1) is 14.8. The lowest BCUT2D eigenvalue weighted by Gasteiger charge is -2.27. The molecule has 0 heterocycles. The van der Waals surface area contributed by atoms with Gasteiger partial charge in [0.2, 0.25) is 0 Å². The summed E-state index contributed by atoms with van der Waals surface area (Å²) in [7, 11) is 0. The van der Waals surface area contributed by atoms with Gasteiger partial charge in [0.05, 0.1) is 0 Å². The van der Waals surface area contributed by atoms with E-state index < -0.39 is 0 Å². The molecular weight excluding hydrogens is 204 g/mol. The molecule has 1 rings (SSSR count). The lowest BCUT2D eigenvalue weighted by Crippen LogP contribution is -2.15. The van der Waals surface area contributed by atoms with E-state index in [4.69, 9.17) is 0 Å². The molecule has 0 saturated heterocycles. The minimum Gasteiger partial charge on any atom is -0.0885 e. The standard InChI is InChI=1S/C17H32/c1-3-4-5-6-7-8-10-13-16(2)17-14-11-9-12-15-17/h6-7,16-17H,3-5,8-15H2,1-2H3. The van der Waals surface area contributed by atoms with Crippen LogP contribution in [0, 0.1) is 11.8 Å². The molecule has 0 heteroatoms. The summed E-state index contributed by atoms with van der Waals surface area (Å²) in [6.07, 6.45) is 20.4. The van der Waals surface area contributed by atoms with Gasteiger partial charge in [-0.3, -0.25) is 0 Å². The van der Waals surface area contributed by atoms with Crippen molar-refractivity contribution in [3.05, 3.63) is 12.2 Å². The first-order valence-electron chi connectivity index (χ1n) is 7.99. The number of hydrogen-bond donors (Lipinski definition) is 0. The molecule has 0 spiro atoms. The SMILES string of the molecule is CCCCC=CCCCC(C)C1CCCCC1. The fraction of sp³-hybridized carbons (Fsp3) is 0.882. The highest BCUT2D eigenvalue weighted by Crippen LogP contribution is 2.32. The normalized spacial score (nSPS) is 19.9. The van der Waals surface area contributed by atoms with E-state index in [2.05, 4.69) is 26.0 Å². The van der Waals surface area contributed by atoms with Gasteiger partial charge in [-0.25, -0.2) is 0 Å². The largest absolute Gasteiger partial charge is 0.0885 e. The molecule has 17 heavy (non-hydrogen) atoms. The molecule has 1 aliphatic rings. The Bertz CT molecular complexity index is 186. The van der Waals surface area contributed by atoms with Crippen molar-refractivity contribution in [3.63, 3.8) is 0 Å². The molecule has 0 aromatic carbocycles. The van der Waals surface area contributed by atoms with Crippen LogP contribution in [0.15, 0.2) is 12.2 Å². The van der Waals surface area contributed by atoms with Crippen molar-refractivity contribution >= 4 is 0 Å². The molecule has 0 aliphatic heterocycles. The van der Waals surface area contributed by atoms with Crippen LogP contribution in [0.5, 0.6) is 0 Å². The zero-order chi connectivity index (χ0) is 12.3. The Morgan fingerprint density at radius 3 is 2.29 bits per heavy atom. The van der Waals surface area contributed by atoms with E-state index in [-0.39, 0.29) is 0 Å². The van der Waals surface area contributed by atoms with Gasteiger partial charge in [0.1, 0.15) is 0 Å². The summed E-state index contributed by atoms with van der Waals surface area (Å²) in [5.41, 5.74) is 0. The van der Waals surface area contributed by atoms with Crippen LogP contribution in [0.2, 0.25) is 0 Å². The van der Waals surface area contributed by atoms with Gasteiger partial charge in [-0.15, -0.1) is 0 Å². The van der Waals surface area contributed by atoms with E-state index in [0.29, 0.717) is 0 Å². The Morgan fingerprint density at radius 1 is 1.00 bits per heavy atom. The van der Waals surface area contributed by atoms with Crippen LogP contribution in [0.3, 0.4) is 0 Å². The monoisotopic (exact) mass is 236 g/mol. The predicted molar refractivity (Wildman–Crippen MR) is 78.3 cm³/mol. The maximum Gasteiger partial charge on any atom is -0.0351 e. The maximum atomic E-state index is 2.48. The van der Waals surface area contributed by atoms with Crippen LogP contribution in [0.25, 0.3) is 0 Å². The molecule has 0 aromatic rings. The summed E-state index contributed by atoms with van der Waals surface area (Å²) < 4.78 is 0. The van der Waals surface area contributed by atoms with Crippen LogP contribution < -0.4 is 0 Å². The molecule has 0 amide bonds. The van der Waals surface area contributed by atoms with E-state index in [0.717, 1.165) is 11.8 Å². The molecule has 0 aromatic heterocycles. The topological polar surface area (TPSA) is 0 Å². The Labute approximate surface area is 109 Å². The van der Waals surface area contributed by atoms with E-state index in [9.17, 15) is 0 Å². The van der Waals surface area contributed by atoms with Crippen LogP contribution in [0.4, 0.5) is 0 Å². The number of rotatable bonds is 8. The second-order valence-corrected chi connectivity index (χ2v) is 5.92. The van der Waals surface area contributed by atoms with Crippen molar-refractivity contribution in [3.8, 4) is 0 Å². The van der Waals surface area contributed by atoms with Crippen molar-refractivity contribution in [2.75, 3.05) is 0 Å². The van der Waals surface area contributed by atoms with Crippen LogP contribution in [-0.4, -0.2) is 0 Å². The first-order valence-corrected chi connectivity index (χ1v) is 7.99. The van der Waals surface area contributed by atoms with E-state index in [1.807, 2.05) is 0 Å². The van der Waals surface area contributed by atoms with Gasteiger partial charge in [-0.05, 0) is 31.1 Å². The van der Waals surface area contributed by atoms with Crippen molar-refractivity contribution in [2.45, 2.75) is 84.5 Å². The minimum absolute atomic E-state index is 0.972. The number of allylic oxidation sites excluding steroid dienone is 2. The zero-order valence-corrected chi connectivity index (χ0v) is 12.1. The third-order valence-electron chi connectivity index (χ3n) is 4.38. The Kier molecular flexibility index (Phi) is 8.48. The summed E-state index contributed by atoms with van der Waals surface area (Å²) in [6.45, 7) is 4.75.